The van der Waals surface area contributed by atoms with Crippen molar-refractivity contribution in [2.75, 3.05) is 13.7 Å². The van der Waals surface area contributed by atoms with Gasteiger partial charge in [0.15, 0.2) is 0 Å². The lowest BCUT2D eigenvalue weighted by molar-refractivity contribution is 0.414. The minimum absolute atomic E-state index is 0.515. The van der Waals surface area contributed by atoms with Gasteiger partial charge >= 0.3 is 0 Å². The SMILES string of the molecule is COc1ccc(Br)c(CSc2nnnn2CCN)c1. The fourth-order valence-corrected chi connectivity index (χ4v) is 2.96. The summed E-state index contributed by atoms with van der Waals surface area (Å²) in [6, 6.07) is 5.88. The zero-order valence-corrected chi connectivity index (χ0v) is 12.8. The van der Waals surface area contributed by atoms with E-state index in [1.54, 1.807) is 23.6 Å². The van der Waals surface area contributed by atoms with Crippen molar-refractivity contribution in [3.63, 3.8) is 0 Å². The van der Waals surface area contributed by atoms with Crippen molar-refractivity contribution < 1.29 is 4.74 Å². The van der Waals surface area contributed by atoms with Crippen molar-refractivity contribution in [3.8, 4) is 5.75 Å². The minimum Gasteiger partial charge on any atom is -0.497 e. The van der Waals surface area contributed by atoms with Gasteiger partial charge in [0.25, 0.3) is 0 Å². The van der Waals surface area contributed by atoms with Gasteiger partial charge in [0.2, 0.25) is 5.16 Å². The van der Waals surface area contributed by atoms with Gasteiger partial charge in [0.05, 0.1) is 13.7 Å². The molecule has 1 heterocycles. The number of methoxy groups -OCH3 is 1. The number of benzene rings is 1. The third-order valence-corrected chi connectivity index (χ3v) is 4.23. The highest BCUT2D eigenvalue weighted by Gasteiger charge is 2.08. The Hall–Kier alpha value is -1.12. The Morgan fingerprint density at radius 1 is 1.47 bits per heavy atom. The molecule has 8 heteroatoms. The molecule has 0 aliphatic rings. The van der Waals surface area contributed by atoms with E-state index < -0.39 is 0 Å². The standard InChI is InChI=1S/C11H14BrN5OS/c1-18-9-2-3-10(12)8(6-9)7-19-11-14-15-16-17(11)5-4-13/h2-3,6H,4-5,7,13H2,1H3. The lowest BCUT2D eigenvalue weighted by Gasteiger charge is -2.07. The molecular weight excluding hydrogens is 330 g/mol. The van der Waals surface area contributed by atoms with Crippen molar-refractivity contribution in [1.29, 1.82) is 0 Å². The third kappa shape index (κ3) is 3.68. The van der Waals surface area contributed by atoms with E-state index in [0.717, 1.165) is 26.7 Å². The van der Waals surface area contributed by atoms with Crippen molar-refractivity contribution in [3.05, 3.63) is 28.2 Å². The van der Waals surface area contributed by atoms with Gasteiger partial charge in [-0.15, -0.1) is 5.10 Å². The van der Waals surface area contributed by atoms with E-state index in [0.29, 0.717) is 13.1 Å². The molecule has 0 bridgehead atoms. The molecule has 6 nitrogen and oxygen atoms in total. The number of aromatic nitrogens is 4. The van der Waals surface area contributed by atoms with Crippen LogP contribution in [-0.2, 0) is 12.3 Å². The van der Waals surface area contributed by atoms with Crippen LogP contribution in [0.2, 0.25) is 0 Å². The van der Waals surface area contributed by atoms with Crippen LogP contribution in [0.1, 0.15) is 5.56 Å². The maximum Gasteiger partial charge on any atom is 0.209 e. The minimum atomic E-state index is 0.515. The Kier molecular flexibility index (Phi) is 5.17. The first-order valence-electron chi connectivity index (χ1n) is 5.66. The van der Waals surface area contributed by atoms with Crippen molar-refractivity contribution >= 4 is 27.7 Å². The lowest BCUT2D eigenvalue weighted by atomic mass is 10.2. The number of tetrazole rings is 1. The van der Waals surface area contributed by atoms with Gasteiger partial charge in [-0.25, -0.2) is 4.68 Å². The average molecular weight is 344 g/mol. The second kappa shape index (κ2) is 6.88. The monoisotopic (exact) mass is 343 g/mol. The molecule has 0 atom stereocenters. The fourth-order valence-electron chi connectivity index (χ4n) is 1.49. The Morgan fingerprint density at radius 2 is 2.32 bits per heavy atom. The van der Waals surface area contributed by atoms with Crippen LogP contribution in [0.5, 0.6) is 5.75 Å². The zero-order valence-electron chi connectivity index (χ0n) is 10.4. The van der Waals surface area contributed by atoms with Crippen LogP contribution in [0, 0.1) is 0 Å². The molecule has 2 N–H and O–H groups in total. The molecular formula is C11H14BrN5OS. The maximum atomic E-state index is 5.51. The number of nitrogens with two attached hydrogens (primary N) is 1. The Balaban J connectivity index is 2.07. The molecule has 0 amide bonds. The number of thioether (sulfide) groups is 1. The second-order valence-electron chi connectivity index (χ2n) is 3.72. The molecule has 2 aromatic rings. The molecule has 0 radical (unpaired) electrons. The number of rotatable bonds is 6. The number of nitrogens with zero attached hydrogens (tertiary/aromatic N) is 4. The van der Waals surface area contributed by atoms with Gasteiger partial charge in [-0.05, 0) is 34.2 Å². The summed E-state index contributed by atoms with van der Waals surface area (Å²) in [5.74, 6) is 1.59. The van der Waals surface area contributed by atoms with E-state index in [2.05, 4.69) is 31.5 Å². The first kappa shape index (κ1) is 14.3. The first-order chi connectivity index (χ1) is 9.24. The highest BCUT2D eigenvalue weighted by molar-refractivity contribution is 9.10. The van der Waals surface area contributed by atoms with Crippen LogP contribution in [0.15, 0.2) is 27.8 Å². The summed E-state index contributed by atoms with van der Waals surface area (Å²) in [5.41, 5.74) is 6.64. The van der Waals surface area contributed by atoms with Crippen LogP contribution in [-0.4, -0.2) is 33.9 Å². The Labute approximate surface area is 123 Å². The summed E-state index contributed by atoms with van der Waals surface area (Å²) in [6.07, 6.45) is 0. The van der Waals surface area contributed by atoms with Crippen molar-refractivity contribution in [2.45, 2.75) is 17.5 Å². The van der Waals surface area contributed by atoms with Gasteiger partial charge < -0.3 is 10.5 Å². The number of hydrogen-bond donors (Lipinski definition) is 1. The zero-order chi connectivity index (χ0) is 13.7. The third-order valence-electron chi connectivity index (χ3n) is 2.45. The van der Waals surface area contributed by atoms with Gasteiger partial charge in [-0.3, -0.25) is 0 Å². The van der Waals surface area contributed by atoms with E-state index in [1.165, 1.54) is 0 Å². The molecule has 0 aliphatic heterocycles. The molecule has 0 aliphatic carbocycles. The van der Waals surface area contributed by atoms with Gasteiger partial charge in [-0.2, -0.15) is 0 Å². The predicted molar refractivity (Wildman–Crippen MR) is 77.1 cm³/mol. The van der Waals surface area contributed by atoms with Gasteiger partial charge in [0.1, 0.15) is 5.75 Å². The van der Waals surface area contributed by atoms with Gasteiger partial charge in [-0.1, -0.05) is 27.7 Å². The summed E-state index contributed by atoms with van der Waals surface area (Å²) in [5, 5.41) is 12.3. The highest BCUT2D eigenvalue weighted by Crippen LogP contribution is 2.28. The summed E-state index contributed by atoms with van der Waals surface area (Å²) >= 11 is 5.09. The largest absolute Gasteiger partial charge is 0.497 e. The van der Waals surface area contributed by atoms with Crippen molar-refractivity contribution in [1.82, 2.24) is 20.2 Å². The molecule has 0 fully saturated rings. The van der Waals surface area contributed by atoms with Crippen molar-refractivity contribution in [2.24, 2.45) is 5.73 Å². The first-order valence-corrected chi connectivity index (χ1v) is 7.44. The molecule has 0 saturated carbocycles. The Bertz CT molecular complexity index is 548. The van der Waals surface area contributed by atoms with Crippen LogP contribution < -0.4 is 10.5 Å². The topological polar surface area (TPSA) is 78.9 Å². The maximum absolute atomic E-state index is 5.51. The van der Waals surface area contributed by atoms with E-state index in [9.17, 15) is 0 Å². The number of hydrogen-bond acceptors (Lipinski definition) is 6. The predicted octanol–water partition coefficient (Wildman–Crippen LogP) is 1.70. The van der Waals surface area contributed by atoms with E-state index in [-0.39, 0.29) is 0 Å². The lowest BCUT2D eigenvalue weighted by Crippen LogP contribution is -2.12. The summed E-state index contributed by atoms with van der Waals surface area (Å²) in [7, 11) is 1.65. The summed E-state index contributed by atoms with van der Waals surface area (Å²) in [4.78, 5) is 0. The van der Waals surface area contributed by atoms with Crippen LogP contribution in [0.3, 0.4) is 0 Å². The van der Waals surface area contributed by atoms with E-state index in [1.807, 2.05) is 18.2 Å². The molecule has 2 rings (SSSR count). The van der Waals surface area contributed by atoms with Crippen LogP contribution >= 0.6 is 27.7 Å². The number of ether oxygens (including phenoxy) is 1. The van der Waals surface area contributed by atoms with Crippen LogP contribution in [0.4, 0.5) is 0 Å². The Morgan fingerprint density at radius 3 is 3.05 bits per heavy atom. The quantitative estimate of drug-likeness (QED) is 0.804. The normalized spacial score (nSPS) is 10.7. The molecule has 0 saturated heterocycles. The average Bonchev–Trinajstić information content (AvgIpc) is 2.86. The number of halogens is 1. The molecule has 0 unspecified atom stereocenters. The van der Waals surface area contributed by atoms with Gasteiger partial charge in [0, 0.05) is 16.8 Å². The molecule has 19 heavy (non-hydrogen) atoms. The fraction of sp³-hybridized carbons (Fsp3) is 0.364. The highest BCUT2D eigenvalue weighted by atomic mass is 79.9. The molecule has 102 valence electrons. The molecule has 0 spiro atoms. The van der Waals surface area contributed by atoms with Crippen LogP contribution in [0.25, 0.3) is 0 Å². The summed E-state index contributed by atoms with van der Waals surface area (Å²) < 4.78 is 7.96. The molecule has 1 aromatic heterocycles. The second-order valence-corrected chi connectivity index (χ2v) is 5.52. The van der Waals surface area contributed by atoms with E-state index in [4.69, 9.17) is 10.5 Å². The van der Waals surface area contributed by atoms with E-state index >= 15 is 0 Å². The smallest absolute Gasteiger partial charge is 0.209 e. The molecule has 1 aromatic carbocycles. The summed E-state index contributed by atoms with van der Waals surface area (Å²) in [6.45, 7) is 1.13.